The minimum Gasteiger partial charge on any atom is -0.372 e. The minimum atomic E-state index is -0.879. The van der Waals surface area contributed by atoms with Crippen molar-refractivity contribution in [2.24, 2.45) is 27.6 Å². The molecule has 1 aliphatic carbocycles. The van der Waals surface area contributed by atoms with Crippen molar-refractivity contribution in [3.8, 4) is 0 Å². The normalized spacial score (nSPS) is 21.3. The first kappa shape index (κ1) is 29.3. The van der Waals surface area contributed by atoms with E-state index in [1.807, 2.05) is 12.1 Å². The monoisotopic (exact) mass is 526 g/mol. The molecule has 3 fully saturated rings. The van der Waals surface area contributed by atoms with Gasteiger partial charge in [-0.3, -0.25) is 14.4 Å². The smallest absolute Gasteiger partial charge is 0.242 e. The van der Waals surface area contributed by atoms with Gasteiger partial charge in [-0.05, 0) is 56.9 Å². The second-order valence-corrected chi connectivity index (χ2v) is 10.9. The van der Waals surface area contributed by atoms with Crippen LogP contribution in [0.3, 0.4) is 0 Å². The number of amides is 3. The van der Waals surface area contributed by atoms with Crippen molar-refractivity contribution in [1.82, 2.24) is 20.0 Å². The molecule has 1 aromatic carbocycles. The van der Waals surface area contributed by atoms with Gasteiger partial charge >= 0.3 is 0 Å². The third-order valence-corrected chi connectivity index (χ3v) is 7.55. The quantitative estimate of drug-likeness (QED) is 0.209. The maximum atomic E-state index is 12.5. The molecule has 2 heterocycles. The highest BCUT2D eigenvalue weighted by Gasteiger charge is 2.52. The van der Waals surface area contributed by atoms with Crippen molar-refractivity contribution in [3.63, 3.8) is 0 Å². The van der Waals surface area contributed by atoms with Crippen LogP contribution in [0.4, 0.5) is 5.69 Å². The molecule has 0 bridgehead atoms. The van der Waals surface area contributed by atoms with Crippen molar-refractivity contribution in [3.05, 3.63) is 42.1 Å². The molecule has 0 aromatic heterocycles. The van der Waals surface area contributed by atoms with Gasteiger partial charge in [-0.15, -0.1) is 0 Å². The van der Waals surface area contributed by atoms with Crippen molar-refractivity contribution in [2.75, 3.05) is 45.8 Å². The number of nitrogens with two attached hydrogens (primary N) is 3. The summed E-state index contributed by atoms with van der Waals surface area (Å²) in [4.78, 5) is 43.0. The number of amidine groups is 1. The topological polar surface area (TPSA) is 163 Å². The van der Waals surface area contributed by atoms with Gasteiger partial charge < -0.3 is 37.2 Å². The number of hydrogen-bond acceptors (Lipinski definition) is 7. The predicted molar refractivity (Wildman–Crippen MR) is 148 cm³/mol. The molecule has 38 heavy (non-hydrogen) atoms. The van der Waals surface area contributed by atoms with Crippen LogP contribution in [0, 0.1) is 5.41 Å². The lowest BCUT2D eigenvalue weighted by Crippen LogP contribution is -2.69. The highest BCUT2D eigenvalue weighted by Crippen LogP contribution is 2.47. The lowest BCUT2D eigenvalue weighted by Gasteiger charge is -2.59. The zero-order valence-electron chi connectivity index (χ0n) is 22.5. The SMILES string of the molecule is CC(C)(N)C(=O)N1CCN(C(/C=C\NC=O)=Nc2ccc(CCN3CC4(CCC4N)C3)cc2)CC1.NC=O. The number of nitrogens with zero attached hydrogens (tertiary/aromatic N) is 4. The standard InChI is InChI=1S/C26H39N7O2.CH3NO/c1-25(2,28)24(35)33-15-13-32(14-16-33)23(8-11-29-19-34)30-21-5-3-20(4-6-21)9-12-31-17-26(18-31)10-7-22(26)27;2-1-3/h3-6,8,11,19,22H,7,9-10,12-18,27-28H2,1-2H3,(H,29,34);1H,(H2,2,3)/b11-8-,30-23?;. The predicted octanol–water partition coefficient (Wildman–Crippen LogP) is -0.0751. The van der Waals surface area contributed by atoms with E-state index < -0.39 is 5.54 Å². The van der Waals surface area contributed by atoms with Gasteiger partial charge in [0.1, 0.15) is 5.84 Å². The van der Waals surface area contributed by atoms with E-state index in [2.05, 4.69) is 33.0 Å². The summed E-state index contributed by atoms with van der Waals surface area (Å²) in [5.41, 5.74) is 18.0. The first-order valence-corrected chi connectivity index (χ1v) is 13.1. The lowest BCUT2D eigenvalue weighted by molar-refractivity contribution is -0.137. The molecular formula is C27H42N8O3. The molecule has 2 aliphatic heterocycles. The molecule has 4 rings (SSSR count). The Morgan fingerprint density at radius 1 is 1.13 bits per heavy atom. The Labute approximate surface area is 225 Å². The highest BCUT2D eigenvalue weighted by molar-refractivity contribution is 5.95. The summed E-state index contributed by atoms with van der Waals surface area (Å²) >= 11 is 0. The van der Waals surface area contributed by atoms with Crippen LogP contribution in [0.2, 0.25) is 0 Å². The molecule has 1 saturated carbocycles. The maximum absolute atomic E-state index is 12.5. The Hall–Kier alpha value is -3.28. The molecular weight excluding hydrogens is 484 g/mol. The summed E-state index contributed by atoms with van der Waals surface area (Å²) < 4.78 is 0. The first-order chi connectivity index (χ1) is 18.1. The largest absolute Gasteiger partial charge is 0.372 e. The minimum absolute atomic E-state index is 0.0479. The second kappa shape index (κ2) is 13.0. The molecule has 1 unspecified atom stereocenters. The number of benzene rings is 1. The van der Waals surface area contributed by atoms with E-state index >= 15 is 0 Å². The zero-order valence-corrected chi connectivity index (χ0v) is 22.5. The summed E-state index contributed by atoms with van der Waals surface area (Å²) in [6, 6.07) is 8.73. The Kier molecular flexibility index (Phi) is 10.0. The average molecular weight is 527 g/mol. The Morgan fingerprint density at radius 3 is 2.24 bits per heavy atom. The molecule has 1 spiro atoms. The van der Waals surface area contributed by atoms with E-state index in [0.717, 1.165) is 37.6 Å². The van der Waals surface area contributed by atoms with Gasteiger partial charge in [0.05, 0.1) is 11.2 Å². The van der Waals surface area contributed by atoms with Gasteiger partial charge in [0.15, 0.2) is 0 Å². The number of carbonyl (C=O) groups is 3. The van der Waals surface area contributed by atoms with Crippen LogP contribution in [0.1, 0.15) is 32.3 Å². The van der Waals surface area contributed by atoms with E-state index in [1.54, 1.807) is 31.0 Å². The number of piperazine rings is 1. The number of primary amides is 1. The number of nitrogens with one attached hydrogen (secondary N) is 1. The number of hydrogen-bond donors (Lipinski definition) is 4. The van der Waals surface area contributed by atoms with E-state index in [-0.39, 0.29) is 12.3 Å². The molecule has 1 atom stereocenters. The van der Waals surface area contributed by atoms with Gasteiger partial charge in [-0.2, -0.15) is 0 Å². The van der Waals surface area contributed by atoms with Crippen LogP contribution in [0.5, 0.6) is 0 Å². The van der Waals surface area contributed by atoms with E-state index in [0.29, 0.717) is 44.0 Å². The molecule has 7 N–H and O–H groups in total. The first-order valence-electron chi connectivity index (χ1n) is 13.1. The molecule has 0 radical (unpaired) electrons. The fraction of sp³-hybridized carbons (Fsp3) is 0.556. The van der Waals surface area contributed by atoms with Crippen LogP contribution < -0.4 is 22.5 Å². The summed E-state index contributed by atoms with van der Waals surface area (Å²) in [5, 5.41) is 2.55. The summed E-state index contributed by atoms with van der Waals surface area (Å²) in [7, 11) is 0. The molecule has 1 aromatic rings. The van der Waals surface area contributed by atoms with Gasteiger partial charge in [0, 0.05) is 63.5 Å². The van der Waals surface area contributed by atoms with Crippen molar-refractivity contribution >= 4 is 30.3 Å². The maximum Gasteiger partial charge on any atom is 0.242 e. The fourth-order valence-corrected chi connectivity index (χ4v) is 5.19. The van der Waals surface area contributed by atoms with Crippen molar-refractivity contribution in [2.45, 2.75) is 44.7 Å². The molecule has 11 nitrogen and oxygen atoms in total. The summed E-state index contributed by atoms with van der Waals surface area (Å²) in [6.07, 6.45) is 7.72. The van der Waals surface area contributed by atoms with Crippen LogP contribution in [0.15, 0.2) is 41.5 Å². The second-order valence-electron chi connectivity index (χ2n) is 10.9. The van der Waals surface area contributed by atoms with Crippen LogP contribution in [0.25, 0.3) is 0 Å². The van der Waals surface area contributed by atoms with Gasteiger partial charge in [-0.1, -0.05) is 12.1 Å². The summed E-state index contributed by atoms with van der Waals surface area (Å²) in [5.74, 6) is 0.697. The molecule has 3 amide bonds. The van der Waals surface area contributed by atoms with Gasteiger partial charge in [0.2, 0.25) is 18.7 Å². The third-order valence-electron chi connectivity index (χ3n) is 7.55. The average Bonchev–Trinajstić information content (AvgIpc) is 2.87. The number of carbonyl (C=O) groups excluding carboxylic acids is 3. The van der Waals surface area contributed by atoms with Crippen LogP contribution >= 0.6 is 0 Å². The zero-order chi connectivity index (χ0) is 27.8. The van der Waals surface area contributed by atoms with Crippen LogP contribution in [-0.4, -0.2) is 96.7 Å². The Morgan fingerprint density at radius 2 is 1.74 bits per heavy atom. The molecule has 3 aliphatic rings. The number of rotatable bonds is 8. The molecule has 208 valence electrons. The Balaban J connectivity index is 0.00000127. The van der Waals surface area contributed by atoms with Gasteiger partial charge in [0.25, 0.3) is 0 Å². The molecule has 11 heteroatoms. The fourth-order valence-electron chi connectivity index (χ4n) is 5.19. The van der Waals surface area contributed by atoms with Gasteiger partial charge in [-0.25, -0.2) is 4.99 Å². The van der Waals surface area contributed by atoms with E-state index in [1.165, 1.54) is 18.4 Å². The number of likely N-dealkylation sites (tertiary alicyclic amines) is 1. The van der Waals surface area contributed by atoms with Crippen molar-refractivity contribution < 1.29 is 14.4 Å². The number of aliphatic imine (C=N–C) groups is 1. The Bertz CT molecular complexity index is 1000. The highest BCUT2D eigenvalue weighted by atomic mass is 16.2. The van der Waals surface area contributed by atoms with E-state index in [4.69, 9.17) is 21.3 Å². The van der Waals surface area contributed by atoms with Crippen LogP contribution in [-0.2, 0) is 20.8 Å². The molecule has 2 saturated heterocycles. The third kappa shape index (κ3) is 7.40. The van der Waals surface area contributed by atoms with Crippen molar-refractivity contribution in [1.29, 1.82) is 0 Å². The summed E-state index contributed by atoms with van der Waals surface area (Å²) in [6.45, 7) is 9.25. The lowest BCUT2D eigenvalue weighted by atomic mass is 9.60. The van der Waals surface area contributed by atoms with E-state index in [9.17, 15) is 9.59 Å².